The highest BCUT2D eigenvalue weighted by atomic mass is 19.2. The minimum absolute atomic E-state index is 0.0758. The number of nitrogens with zero attached hydrogens (tertiary/aromatic N) is 1. The van der Waals surface area contributed by atoms with Crippen LogP contribution in [-0.2, 0) is 4.74 Å². The smallest absolute Gasteiger partial charge is 0.261 e. The third-order valence-corrected chi connectivity index (χ3v) is 4.82. The van der Waals surface area contributed by atoms with E-state index in [1.165, 1.54) is 24.3 Å². The van der Waals surface area contributed by atoms with Gasteiger partial charge in [0.1, 0.15) is 0 Å². The Balaban J connectivity index is 1.53. The number of hydrogen-bond donors (Lipinski definition) is 1. The van der Waals surface area contributed by atoms with Gasteiger partial charge in [0.15, 0.2) is 11.6 Å². The van der Waals surface area contributed by atoms with Gasteiger partial charge in [0, 0.05) is 23.9 Å². The maximum absolute atomic E-state index is 13.3. The molecular formula is C20H16F2N2O4. The SMILES string of the molecule is O=C(Nc1ccc(F)c(F)c1)c1ccc2c(c1)C(=O)N(CC1CCCO1)C2=O. The first kappa shape index (κ1) is 18.2. The Bertz CT molecular complexity index is 986. The second-order valence-electron chi connectivity index (χ2n) is 6.70. The summed E-state index contributed by atoms with van der Waals surface area (Å²) in [5, 5.41) is 2.44. The molecule has 2 aromatic rings. The Hall–Kier alpha value is -3.13. The number of imide groups is 1. The van der Waals surface area contributed by atoms with E-state index in [9.17, 15) is 23.2 Å². The minimum Gasteiger partial charge on any atom is -0.376 e. The molecule has 1 fully saturated rings. The number of benzene rings is 2. The zero-order valence-electron chi connectivity index (χ0n) is 14.7. The van der Waals surface area contributed by atoms with Crippen molar-refractivity contribution in [2.24, 2.45) is 0 Å². The molecule has 1 saturated heterocycles. The highest BCUT2D eigenvalue weighted by Crippen LogP contribution is 2.26. The minimum atomic E-state index is -1.09. The van der Waals surface area contributed by atoms with Crippen LogP contribution in [0.25, 0.3) is 0 Å². The molecule has 2 aliphatic heterocycles. The summed E-state index contributed by atoms with van der Waals surface area (Å²) in [6.07, 6.45) is 1.51. The highest BCUT2D eigenvalue weighted by Gasteiger charge is 2.37. The Kier molecular flexibility index (Phi) is 4.64. The first-order chi connectivity index (χ1) is 13.4. The van der Waals surface area contributed by atoms with Crippen molar-refractivity contribution < 1.29 is 27.9 Å². The van der Waals surface area contributed by atoms with Crippen molar-refractivity contribution in [2.45, 2.75) is 18.9 Å². The summed E-state index contributed by atoms with van der Waals surface area (Å²) >= 11 is 0. The van der Waals surface area contributed by atoms with Crippen molar-refractivity contribution in [2.75, 3.05) is 18.5 Å². The molecule has 2 heterocycles. The van der Waals surface area contributed by atoms with Crippen molar-refractivity contribution in [3.63, 3.8) is 0 Å². The molecule has 8 heteroatoms. The molecule has 0 saturated carbocycles. The Morgan fingerprint density at radius 2 is 1.86 bits per heavy atom. The first-order valence-corrected chi connectivity index (χ1v) is 8.82. The molecule has 0 bridgehead atoms. The molecule has 6 nitrogen and oxygen atoms in total. The van der Waals surface area contributed by atoms with Crippen molar-refractivity contribution in [1.29, 1.82) is 0 Å². The molecule has 1 unspecified atom stereocenters. The first-order valence-electron chi connectivity index (χ1n) is 8.82. The van der Waals surface area contributed by atoms with E-state index in [1.807, 2.05) is 0 Å². The van der Waals surface area contributed by atoms with Gasteiger partial charge in [-0.15, -0.1) is 0 Å². The van der Waals surface area contributed by atoms with Gasteiger partial charge in [0.25, 0.3) is 17.7 Å². The van der Waals surface area contributed by atoms with E-state index >= 15 is 0 Å². The average Bonchev–Trinajstić information content (AvgIpc) is 3.28. The number of amides is 3. The maximum Gasteiger partial charge on any atom is 0.261 e. The van der Waals surface area contributed by atoms with Crippen LogP contribution in [0.1, 0.15) is 43.9 Å². The van der Waals surface area contributed by atoms with Crippen LogP contribution in [0.3, 0.4) is 0 Å². The Labute approximate surface area is 159 Å². The molecule has 1 atom stereocenters. The molecule has 4 rings (SSSR count). The summed E-state index contributed by atoms with van der Waals surface area (Å²) in [7, 11) is 0. The number of hydrogen-bond acceptors (Lipinski definition) is 4. The van der Waals surface area contributed by atoms with Crippen LogP contribution in [0.5, 0.6) is 0 Å². The zero-order chi connectivity index (χ0) is 19.8. The zero-order valence-corrected chi connectivity index (χ0v) is 14.7. The molecule has 0 spiro atoms. The summed E-state index contributed by atoms with van der Waals surface area (Å²) in [4.78, 5) is 38.7. The molecule has 144 valence electrons. The van der Waals surface area contributed by atoms with E-state index in [1.54, 1.807) is 0 Å². The van der Waals surface area contributed by atoms with Crippen molar-refractivity contribution in [1.82, 2.24) is 4.90 Å². The number of halogens is 2. The third-order valence-electron chi connectivity index (χ3n) is 4.82. The van der Waals surface area contributed by atoms with Crippen molar-refractivity contribution >= 4 is 23.4 Å². The van der Waals surface area contributed by atoms with Crippen molar-refractivity contribution in [3.05, 3.63) is 64.7 Å². The predicted octanol–water partition coefficient (Wildman–Crippen LogP) is 2.99. The van der Waals surface area contributed by atoms with Crippen LogP contribution in [0.15, 0.2) is 36.4 Å². The van der Waals surface area contributed by atoms with E-state index in [2.05, 4.69) is 5.32 Å². The van der Waals surface area contributed by atoms with E-state index < -0.39 is 29.4 Å². The van der Waals surface area contributed by atoms with Gasteiger partial charge in [-0.25, -0.2) is 8.78 Å². The molecule has 0 radical (unpaired) electrons. The number of nitrogens with one attached hydrogen (secondary N) is 1. The summed E-state index contributed by atoms with van der Waals surface area (Å²) in [5.74, 6) is -3.60. The summed E-state index contributed by atoms with van der Waals surface area (Å²) in [6.45, 7) is 0.796. The standard InChI is InChI=1S/C20H16F2N2O4/c21-16-6-4-12(9-17(16)22)23-18(25)11-3-5-14-15(8-11)20(27)24(19(14)26)10-13-2-1-7-28-13/h3-6,8-9,13H,1-2,7,10H2,(H,23,25). The fourth-order valence-electron chi connectivity index (χ4n) is 3.37. The topological polar surface area (TPSA) is 75.7 Å². The second-order valence-corrected chi connectivity index (χ2v) is 6.70. The third kappa shape index (κ3) is 3.27. The molecular weight excluding hydrogens is 370 g/mol. The highest BCUT2D eigenvalue weighted by molar-refractivity contribution is 6.22. The van der Waals surface area contributed by atoms with Crippen molar-refractivity contribution in [3.8, 4) is 0 Å². The van der Waals surface area contributed by atoms with Gasteiger partial charge >= 0.3 is 0 Å². The van der Waals surface area contributed by atoms with Gasteiger partial charge in [-0.1, -0.05) is 0 Å². The lowest BCUT2D eigenvalue weighted by Gasteiger charge is -2.17. The normalized spacial score (nSPS) is 18.5. The average molecular weight is 386 g/mol. The molecule has 0 aliphatic carbocycles. The van der Waals surface area contributed by atoms with E-state index in [-0.39, 0.29) is 35.0 Å². The molecule has 28 heavy (non-hydrogen) atoms. The van der Waals surface area contributed by atoms with Crippen LogP contribution >= 0.6 is 0 Å². The molecule has 2 aliphatic rings. The number of anilines is 1. The number of rotatable bonds is 4. The number of carbonyl (C=O) groups excluding carboxylic acids is 3. The lowest BCUT2D eigenvalue weighted by atomic mass is 10.1. The lowest BCUT2D eigenvalue weighted by Crippen LogP contribution is -2.36. The van der Waals surface area contributed by atoms with Crippen LogP contribution < -0.4 is 5.32 Å². The maximum atomic E-state index is 13.3. The number of fused-ring (bicyclic) bond motifs is 1. The Morgan fingerprint density at radius 3 is 2.57 bits per heavy atom. The van der Waals surface area contributed by atoms with Gasteiger partial charge in [0.2, 0.25) is 0 Å². The van der Waals surface area contributed by atoms with Crippen LogP contribution in [-0.4, -0.2) is 41.9 Å². The van der Waals surface area contributed by atoms with Crippen LogP contribution in [0.4, 0.5) is 14.5 Å². The van der Waals surface area contributed by atoms with Crippen LogP contribution in [0, 0.1) is 11.6 Å². The van der Waals surface area contributed by atoms with E-state index in [0.29, 0.717) is 6.61 Å². The fraction of sp³-hybridized carbons (Fsp3) is 0.250. The largest absolute Gasteiger partial charge is 0.376 e. The molecule has 2 aromatic carbocycles. The fourth-order valence-corrected chi connectivity index (χ4v) is 3.37. The monoisotopic (exact) mass is 386 g/mol. The van der Waals surface area contributed by atoms with E-state index in [0.717, 1.165) is 29.9 Å². The summed E-state index contributed by atoms with van der Waals surface area (Å²) < 4.78 is 31.8. The summed E-state index contributed by atoms with van der Waals surface area (Å²) in [6, 6.07) is 7.15. The second kappa shape index (κ2) is 7.12. The van der Waals surface area contributed by atoms with E-state index in [4.69, 9.17) is 4.74 Å². The number of carbonyl (C=O) groups is 3. The van der Waals surface area contributed by atoms with Gasteiger partial charge < -0.3 is 10.1 Å². The van der Waals surface area contributed by atoms with Gasteiger partial charge in [-0.2, -0.15) is 0 Å². The Morgan fingerprint density at radius 1 is 1.07 bits per heavy atom. The lowest BCUT2D eigenvalue weighted by molar-refractivity contribution is 0.0475. The number of ether oxygens (including phenoxy) is 1. The quantitative estimate of drug-likeness (QED) is 0.820. The van der Waals surface area contributed by atoms with Crippen LogP contribution in [0.2, 0.25) is 0 Å². The predicted molar refractivity (Wildman–Crippen MR) is 95.1 cm³/mol. The molecule has 3 amide bonds. The molecule has 1 N–H and O–H groups in total. The van der Waals surface area contributed by atoms with Gasteiger partial charge in [0.05, 0.1) is 23.8 Å². The summed E-state index contributed by atoms with van der Waals surface area (Å²) in [5.41, 5.74) is 0.573. The van der Waals surface area contributed by atoms with Gasteiger partial charge in [-0.3, -0.25) is 19.3 Å². The van der Waals surface area contributed by atoms with Gasteiger partial charge in [-0.05, 0) is 43.2 Å². The molecule has 0 aromatic heterocycles.